The van der Waals surface area contributed by atoms with Crippen LogP contribution in [0.1, 0.15) is 0 Å². The van der Waals surface area contributed by atoms with E-state index in [-0.39, 0.29) is 24.7 Å². The van der Waals surface area contributed by atoms with Gasteiger partial charge in [-0.3, -0.25) is 17.7 Å². The molecular formula is C3H5BrMgO2. The minimum absolute atomic E-state index is 0.000772. The highest BCUT2D eigenvalue weighted by Gasteiger charge is 1.65. The van der Waals surface area contributed by atoms with Crippen LogP contribution in [0.15, 0.2) is 10.8 Å². The summed E-state index contributed by atoms with van der Waals surface area (Å²) in [6.07, 6.45) is 0. The van der Waals surface area contributed by atoms with Crippen molar-refractivity contribution in [2.45, 2.75) is 0 Å². The maximum absolute atomic E-state index is 8.36. The Morgan fingerprint density at radius 3 is 2.00 bits per heavy atom. The molecule has 0 saturated carbocycles. The number of halogens is 1. The Morgan fingerprint density at radius 1 is 1.86 bits per heavy atom. The fourth-order valence-electron chi connectivity index (χ4n) is 0. The minimum Gasteiger partial charge on any atom is -0.483 e. The van der Waals surface area contributed by atoms with Gasteiger partial charge in [-0.05, 0) is 0 Å². The average molecular weight is 177 g/mol. The lowest BCUT2D eigenvalue weighted by Gasteiger charge is -1.47. The molecule has 0 atom stereocenters. The van der Waals surface area contributed by atoms with E-state index >= 15 is 0 Å². The largest absolute Gasteiger partial charge is 0.497 e. The van der Waals surface area contributed by atoms with Gasteiger partial charge >= 0.3 is 18.2 Å². The van der Waals surface area contributed by atoms with Gasteiger partial charge in [-0.1, -0.05) is 0 Å². The average Bonchev–Trinajstić information content (AvgIpc) is 1.69. The van der Waals surface area contributed by atoms with Crippen LogP contribution in [0.2, 0.25) is 0 Å². The third-order valence-corrected chi connectivity index (χ3v) is 1.70. The van der Waals surface area contributed by atoms with E-state index in [1.165, 1.54) is 0 Å². The summed E-state index contributed by atoms with van der Waals surface area (Å²) >= 11 is 3.27. The van der Waals surface area contributed by atoms with Crippen molar-refractivity contribution in [1.82, 2.24) is 0 Å². The third-order valence-electron chi connectivity index (χ3n) is 0.109. The van der Waals surface area contributed by atoms with Crippen molar-refractivity contribution in [2.24, 2.45) is 0 Å². The van der Waals surface area contributed by atoms with E-state index in [1.54, 1.807) is 0 Å². The Bertz CT molecular complexity index is 48.2. The first-order valence-electron chi connectivity index (χ1n) is 1.58. The molecule has 0 aliphatic carbocycles. The summed E-state index contributed by atoms with van der Waals surface area (Å²) in [5.41, 5.74) is 0. The molecule has 38 valence electrons. The number of hydrogen-bond acceptors (Lipinski definition) is 1. The zero-order chi connectivity index (χ0) is 6.12. The van der Waals surface area contributed by atoms with E-state index in [0.29, 0.717) is 0 Å². The van der Waals surface area contributed by atoms with Gasteiger partial charge in [0.2, 0.25) is 0 Å². The summed E-state index contributed by atoms with van der Waals surface area (Å²) in [6.45, 7) is 3.24. The summed E-state index contributed by atoms with van der Waals surface area (Å²) in [7, 11) is 0. The lowest BCUT2D eigenvalue weighted by Crippen LogP contribution is -1.53. The van der Waals surface area contributed by atoms with Crippen LogP contribution in [0, 0.1) is 0 Å². The van der Waals surface area contributed by atoms with E-state index in [4.69, 9.17) is 9.90 Å². The summed E-state index contributed by atoms with van der Waals surface area (Å²) in [6, 6.07) is 0. The van der Waals surface area contributed by atoms with Gasteiger partial charge in [-0.25, -0.2) is 0 Å². The van der Waals surface area contributed by atoms with Gasteiger partial charge in [-0.15, -0.1) is 6.58 Å². The normalized spacial score (nSPS) is 4.14. The predicted octanol–water partition coefficient (Wildman–Crippen LogP) is 0.845. The first kappa shape index (κ1) is 10.4. The van der Waals surface area contributed by atoms with Gasteiger partial charge in [0.05, 0.1) is 0 Å². The lowest BCUT2D eigenvalue weighted by atomic mass is 11.3. The van der Waals surface area contributed by atoms with E-state index in [1.807, 2.05) is 4.21 Å². The molecule has 0 aliphatic heterocycles. The fourth-order valence-corrected chi connectivity index (χ4v) is 0. The van der Waals surface area contributed by atoms with E-state index in [0.717, 1.165) is 0 Å². The second-order valence-corrected chi connectivity index (χ2v) is 3.38. The highest BCUT2D eigenvalue weighted by molar-refractivity contribution is 9.23. The first-order chi connectivity index (χ1) is 3.33. The molecule has 0 spiro atoms. The monoisotopic (exact) mass is 176 g/mol. The van der Waals surface area contributed by atoms with Crippen LogP contribution >= 0.6 is 12.9 Å². The maximum atomic E-state index is 8.36. The summed E-state index contributed by atoms with van der Waals surface area (Å²) in [4.78, 5) is 8.36. The van der Waals surface area contributed by atoms with Gasteiger partial charge in [0.15, 0.2) is 0 Å². The van der Waals surface area contributed by atoms with Crippen LogP contribution in [-0.4, -0.2) is 29.8 Å². The van der Waals surface area contributed by atoms with E-state index in [9.17, 15) is 0 Å². The quantitative estimate of drug-likeness (QED) is 0.476. The number of hydrogen-bond donors (Lipinski definition) is 1. The maximum Gasteiger partial charge on any atom is 0.497 e. The van der Waals surface area contributed by atoms with Gasteiger partial charge < -0.3 is 5.11 Å². The van der Waals surface area contributed by atoms with Crippen molar-refractivity contribution in [2.75, 3.05) is 0 Å². The summed E-state index contributed by atoms with van der Waals surface area (Å²) in [5.74, 6) is 0. The number of carbonyl (C=O) groups is 1. The molecule has 2 nitrogen and oxygen atoms in total. The van der Waals surface area contributed by atoms with Crippen LogP contribution in [0.5, 0.6) is 0 Å². The van der Waals surface area contributed by atoms with Crippen molar-refractivity contribution in [1.29, 1.82) is 0 Å². The molecule has 0 bridgehead atoms. The molecule has 0 aromatic heterocycles. The van der Waals surface area contributed by atoms with E-state index in [2.05, 4.69) is 19.5 Å². The summed E-state index contributed by atoms with van der Waals surface area (Å²) < 4.78 is 1.93. The Kier molecular flexibility index (Phi) is 24.0. The predicted molar refractivity (Wildman–Crippen MR) is 33.6 cm³/mol. The highest BCUT2D eigenvalue weighted by Crippen LogP contribution is 1.67. The molecule has 0 aromatic rings. The molecule has 0 heterocycles. The molecule has 0 fully saturated rings. The molecule has 0 aromatic carbocycles. The molecule has 0 rings (SSSR count). The fraction of sp³-hybridized carbons (Fsp3) is 0. The second-order valence-electron chi connectivity index (χ2n) is 0.548. The Balaban J connectivity index is 0. The topological polar surface area (TPSA) is 37.3 Å². The Labute approximate surface area is 58.2 Å². The minimum atomic E-state index is -0.250. The number of carboxylic acid groups (broad SMARTS) is 1. The standard InChI is InChI=1S/C2H3.CH2O2.BrH.Mg/c1-2;2-1-3;;/h1H,2H2;1H,(H,2,3);1H;/q;;;+1/p-1. The van der Waals surface area contributed by atoms with Crippen molar-refractivity contribution >= 4 is 37.5 Å². The third kappa shape index (κ3) is 60.5. The smallest absolute Gasteiger partial charge is 0.483 e. The molecule has 0 radical (unpaired) electrons. The zero-order valence-corrected chi connectivity index (χ0v) is 6.80. The van der Waals surface area contributed by atoms with Crippen LogP contribution in [0.4, 0.5) is 0 Å². The van der Waals surface area contributed by atoms with Crippen molar-refractivity contribution in [3.05, 3.63) is 10.8 Å². The van der Waals surface area contributed by atoms with Gasteiger partial charge in [0.1, 0.15) is 0 Å². The molecular weight excluding hydrogens is 172 g/mol. The SMILES string of the molecule is C=[CH][Mg][Br].O=CO. The molecule has 7 heavy (non-hydrogen) atoms. The Hall–Kier alpha value is 0.456. The molecule has 1 N–H and O–H groups in total. The molecule has 0 amide bonds. The van der Waals surface area contributed by atoms with Crippen LogP contribution in [0.3, 0.4) is 0 Å². The zero-order valence-electron chi connectivity index (χ0n) is 3.80. The van der Waals surface area contributed by atoms with Crippen molar-refractivity contribution in [3.8, 4) is 0 Å². The molecule has 4 heteroatoms. The van der Waals surface area contributed by atoms with Crippen LogP contribution in [0.25, 0.3) is 0 Å². The molecule has 0 unspecified atom stereocenters. The van der Waals surface area contributed by atoms with Gasteiger partial charge in [-0.2, -0.15) is 4.21 Å². The molecule has 0 aliphatic rings. The lowest BCUT2D eigenvalue weighted by molar-refractivity contribution is -0.122. The number of rotatable bonds is 1. The highest BCUT2D eigenvalue weighted by atomic mass is 79.9. The van der Waals surface area contributed by atoms with Gasteiger partial charge in [0, 0.05) is 0 Å². The van der Waals surface area contributed by atoms with Crippen molar-refractivity contribution < 1.29 is 9.90 Å². The van der Waals surface area contributed by atoms with Crippen LogP contribution in [-0.2, 0) is 4.79 Å². The second kappa shape index (κ2) is 16.1. The van der Waals surface area contributed by atoms with Crippen molar-refractivity contribution in [3.63, 3.8) is 0 Å². The Morgan fingerprint density at radius 2 is 2.00 bits per heavy atom. The van der Waals surface area contributed by atoms with Crippen LogP contribution < -0.4 is 0 Å². The van der Waals surface area contributed by atoms with E-state index < -0.39 is 0 Å². The van der Waals surface area contributed by atoms with Gasteiger partial charge in [0.25, 0.3) is 6.47 Å². The summed E-state index contributed by atoms with van der Waals surface area (Å²) in [5, 5.41) is 6.89. The molecule has 0 saturated heterocycles. The first-order valence-corrected chi connectivity index (χ1v) is 6.29.